The van der Waals surface area contributed by atoms with Gasteiger partial charge in [0.15, 0.2) is 0 Å². The fraction of sp³-hybridized carbons (Fsp3) is 0.300. The van der Waals surface area contributed by atoms with Gasteiger partial charge in [0.25, 0.3) is 0 Å². The minimum absolute atomic E-state index is 0.179. The third-order valence-electron chi connectivity index (χ3n) is 4.35. The number of anilines is 2. The molecular formula is C20H22Br2N2O2. The van der Waals surface area contributed by atoms with Gasteiger partial charge in [-0.15, -0.1) is 0 Å². The highest BCUT2D eigenvalue weighted by molar-refractivity contribution is 9.11. The van der Waals surface area contributed by atoms with Gasteiger partial charge in [-0.2, -0.15) is 0 Å². The monoisotopic (exact) mass is 480 g/mol. The van der Waals surface area contributed by atoms with Gasteiger partial charge in [-0.05, 0) is 60.0 Å². The fourth-order valence-corrected chi connectivity index (χ4v) is 3.95. The molecule has 0 aromatic heterocycles. The average Bonchev–Trinajstić information content (AvgIpc) is 2.65. The van der Waals surface area contributed by atoms with Gasteiger partial charge in [0.05, 0.1) is 0 Å². The first kappa shape index (κ1) is 19.4. The summed E-state index contributed by atoms with van der Waals surface area (Å²) in [5.41, 5.74) is 2.12. The van der Waals surface area contributed by atoms with Crippen molar-refractivity contribution in [3.63, 3.8) is 0 Å². The Kier molecular flexibility index (Phi) is 6.75. The van der Waals surface area contributed by atoms with Crippen LogP contribution in [0.25, 0.3) is 21.5 Å². The van der Waals surface area contributed by atoms with Crippen LogP contribution < -0.4 is 10.6 Å². The highest BCUT2D eigenvalue weighted by atomic mass is 79.9. The summed E-state index contributed by atoms with van der Waals surface area (Å²) < 4.78 is 2.09. The Morgan fingerprint density at radius 3 is 1.46 bits per heavy atom. The van der Waals surface area contributed by atoms with Crippen molar-refractivity contribution in [2.24, 2.45) is 0 Å². The van der Waals surface area contributed by atoms with E-state index in [1.54, 1.807) is 0 Å². The summed E-state index contributed by atoms with van der Waals surface area (Å²) >= 11 is 7.35. The van der Waals surface area contributed by atoms with Crippen LogP contribution in [-0.4, -0.2) is 36.5 Å². The van der Waals surface area contributed by atoms with Crippen LogP contribution in [-0.2, 0) is 0 Å². The summed E-state index contributed by atoms with van der Waals surface area (Å²) in [5.74, 6) is 0. The predicted molar refractivity (Wildman–Crippen MR) is 117 cm³/mol. The Morgan fingerprint density at radius 1 is 0.654 bits per heavy atom. The van der Waals surface area contributed by atoms with Gasteiger partial charge in [0.1, 0.15) is 0 Å². The lowest BCUT2D eigenvalue weighted by Gasteiger charge is -2.15. The molecule has 4 nitrogen and oxygen atoms in total. The molecular weight excluding hydrogens is 460 g/mol. The van der Waals surface area contributed by atoms with Crippen molar-refractivity contribution in [1.29, 1.82) is 0 Å². The second-order valence-corrected chi connectivity index (χ2v) is 7.85. The molecule has 3 rings (SSSR count). The molecule has 0 bridgehead atoms. The van der Waals surface area contributed by atoms with Gasteiger partial charge in [0, 0.05) is 57.4 Å². The molecule has 0 saturated heterocycles. The molecule has 3 aromatic carbocycles. The van der Waals surface area contributed by atoms with Gasteiger partial charge in [-0.1, -0.05) is 31.9 Å². The normalized spacial score (nSPS) is 11.2. The SMILES string of the molecule is OCCCNc1ccc(Br)c2cc3c(NCCCO)ccc(Br)c3cc12. The van der Waals surface area contributed by atoms with Crippen molar-refractivity contribution < 1.29 is 10.2 Å². The Hall–Kier alpha value is -1.34. The van der Waals surface area contributed by atoms with Crippen molar-refractivity contribution in [3.05, 3.63) is 45.3 Å². The van der Waals surface area contributed by atoms with Crippen molar-refractivity contribution in [2.45, 2.75) is 12.8 Å². The molecule has 4 N–H and O–H groups in total. The van der Waals surface area contributed by atoms with Crippen LogP contribution in [0.4, 0.5) is 11.4 Å². The molecule has 0 heterocycles. The lowest BCUT2D eigenvalue weighted by Crippen LogP contribution is -2.05. The molecule has 0 aliphatic carbocycles. The van der Waals surface area contributed by atoms with Crippen molar-refractivity contribution in [3.8, 4) is 0 Å². The van der Waals surface area contributed by atoms with E-state index in [1.165, 1.54) is 0 Å². The molecule has 3 aromatic rings. The molecule has 0 saturated carbocycles. The molecule has 0 atom stereocenters. The maximum Gasteiger partial charge on any atom is 0.0447 e. The predicted octanol–water partition coefficient (Wildman–Crippen LogP) is 5.11. The molecule has 0 aliphatic heterocycles. The van der Waals surface area contributed by atoms with Gasteiger partial charge < -0.3 is 20.8 Å². The van der Waals surface area contributed by atoms with Gasteiger partial charge in [-0.3, -0.25) is 0 Å². The van der Waals surface area contributed by atoms with E-state index in [4.69, 9.17) is 10.2 Å². The summed E-state index contributed by atoms with van der Waals surface area (Å²) in [7, 11) is 0. The van der Waals surface area contributed by atoms with Gasteiger partial charge in [0.2, 0.25) is 0 Å². The fourth-order valence-electron chi connectivity index (χ4n) is 3.03. The van der Waals surface area contributed by atoms with Crippen LogP contribution in [0.15, 0.2) is 45.3 Å². The zero-order chi connectivity index (χ0) is 18.5. The summed E-state index contributed by atoms with van der Waals surface area (Å²) in [6, 6.07) is 12.6. The standard InChI is InChI=1S/C20H22Br2N2O2/c21-17-3-5-19(23-7-1-9-25)15-11-14-16(12-13(15)17)20(6-4-18(14)22)24-8-2-10-26/h3-6,11-12,23-26H,1-2,7-10H2. The molecule has 26 heavy (non-hydrogen) atoms. The average molecular weight is 482 g/mol. The first-order valence-corrected chi connectivity index (χ1v) is 10.3. The molecule has 0 unspecified atom stereocenters. The van der Waals surface area contributed by atoms with Crippen LogP contribution in [0, 0.1) is 0 Å². The zero-order valence-corrected chi connectivity index (χ0v) is 17.5. The van der Waals surface area contributed by atoms with E-state index < -0.39 is 0 Å². The smallest absolute Gasteiger partial charge is 0.0447 e. The van der Waals surface area contributed by atoms with Crippen molar-refractivity contribution >= 4 is 64.8 Å². The maximum atomic E-state index is 9.02. The van der Waals surface area contributed by atoms with Crippen molar-refractivity contribution in [2.75, 3.05) is 36.9 Å². The number of rotatable bonds is 8. The Labute approximate surface area is 169 Å². The van der Waals surface area contributed by atoms with Crippen LogP contribution >= 0.6 is 31.9 Å². The quantitative estimate of drug-likeness (QED) is 0.267. The lowest BCUT2D eigenvalue weighted by atomic mass is 10.0. The molecule has 0 amide bonds. The van der Waals surface area contributed by atoms with Crippen molar-refractivity contribution in [1.82, 2.24) is 0 Å². The Morgan fingerprint density at radius 2 is 1.08 bits per heavy atom. The minimum Gasteiger partial charge on any atom is -0.396 e. The number of hydrogen-bond acceptors (Lipinski definition) is 4. The van der Waals surface area contributed by atoms with Crippen LogP contribution in [0.5, 0.6) is 0 Å². The zero-order valence-electron chi connectivity index (χ0n) is 14.4. The van der Waals surface area contributed by atoms with E-state index in [0.717, 1.165) is 55.0 Å². The highest BCUT2D eigenvalue weighted by Crippen LogP contribution is 2.38. The van der Waals surface area contributed by atoms with Crippen LogP contribution in [0.1, 0.15) is 12.8 Å². The summed E-state index contributed by atoms with van der Waals surface area (Å²) in [5, 5.41) is 29.4. The minimum atomic E-state index is 0.179. The Balaban J connectivity index is 2.12. The summed E-state index contributed by atoms with van der Waals surface area (Å²) in [6.45, 7) is 1.82. The number of aliphatic hydroxyl groups excluding tert-OH is 2. The first-order chi connectivity index (χ1) is 12.7. The second-order valence-electron chi connectivity index (χ2n) is 6.14. The van der Waals surface area contributed by atoms with E-state index in [1.807, 2.05) is 12.1 Å². The third-order valence-corrected chi connectivity index (χ3v) is 5.73. The Bertz CT molecular complexity index is 840. The number of nitrogens with one attached hydrogen (secondary N) is 2. The molecule has 138 valence electrons. The third kappa shape index (κ3) is 4.14. The topological polar surface area (TPSA) is 64.5 Å². The number of benzene rings is 3. The second kappa shape index (κ2) is 9.04. The van der Waals surface area contributed by atoms with E-state index in [0.29, 0.717) is 12.8 Å². The first-order valence-electron chi connectivity index (χ1n) is 8.69. The van der Waals surface area contributed by atoms with Gasteiger partial charge >= 0.3 is 0 Å². The highest BCUT2D eigenvalue weighted by Gasteiger charge is 2.11. The summed E-state index contributed by atoms with van der Waals surface area (Å²) in [6.07, 6.45) is 1.43. The van der Waals surface area contributed by atoms with E-state index >= 15 is 0 Å². The number of fused-ring (bicyclic) bond motifs is 2. The van der Waals surface area contributed by atoms with Crippen LogP contribution in [0.3, 0.4) is 0 Å². The van der Waals surface area contributed by atoms with Gasteiger partial charge in [-0.25, -0.2) is 0 Å². The molecule has 0 aliphatic rings. The largest absolute Gasteiger partial charge is 0.396 e. The van der Waals surface area contributed by atoms with Crippen LogP contribution in [0.2, 0.25) is 0 Å². The molecule has 0 radical (unpaired) electrons. The lowest BCUT2D eigenvalue weighted by molar-refractivity contribution is 0.292. The molecule has 0 fully saturated rings. The number of hydrogen-bond donors (Lipinski definition) is 4. The molecule has 6 heteroatoms. The van der Waals surface area contributed by atoms with E-state index in [2.05, 4.69) is 66.8 Å². The number of aliphatic hydroxyl groups is 2. The number of halogens is 2. The van der Waals surface area contributed by atoms with E-state index in [-0.39, 0.29) is 13.2 Å². The summed E-state index contributed by atoms with van der Waals surface area (Å²) in [4.78, 5) is 0. The van der Waals surface area contributed by atoms with E-state index in [9.17, 15) is 0 Å². The molecule has 0 spiro atoms. The maximum absolute atomic E-state index is 9.02.